The molecule has 0 atom stereocenters. The minimum atomic E-state index is 0.903. The second-order valence-electron chi connectivity index (χ2n) is 12.1. The van der Waals surface area contributed by atoms with Crippen LogP contribution >= 0.6 is 0 Å². The van der Waals surface area contributed by atoms with Crippen molar-refractivity contribution < 1.29 is 4.74 Å². The van der Waals surface area contributed by atoms with Gasteiger partial charge >= 0.3 is 0 Å². The van der Waals surface area contributed by atoms with E-state index in [0.717, 1.165) is 17.1 Å². The van der Waals surface area contributed by atoms with Crippen LogP contribution in [0.1, 0.15) is 0 Å². The van der Waals surface area contributed by atoms with Crippen LogP contribution in [-0.4, -0.2) is 0 Å². The van der Waals surface area contributed by atoms with Gasteiger partial charge in [-0.3, -0.25) is 0 Å². The van der Waals surface area contributed by atoms with Gasteiger partial charge in [0, 0.05) is 10.9 Å². The van der Waals surface area contributed by atoms with Crippen molar-refractivity contribution in [2.75, 3.05) is 0 Å². The Labute approximate surface area is 260 Å². The molecular formula is C44H26O. The Bertz CT molecular complexity index is 2530. The molecule has 1 aliphatic heterocycles. The van der Waals surface area contributed by atoms with Gasteiger partial charge in [-0.05, 0) is 107 Å². The standard InChI is InChI=1S/C44H26O/c1-2-6-27(7-3-1)32-20-22-40-39(26-32)38-11-5-10-37-36(21-23-41(45-40)44(37)38)29-14-12-28(13-15-29)35-24-33-18-16-30-8-4-9-31-17-19-34(25-35)43(33)42(30)31/h1-26H. The fourth-order valence-electron chi connectivity index (χ4n) is 7.46. The summed E-state index contributed by atoms with van der Waals surface area (Å²) in [7, 11) is 0. The van der Waals surface area contributed by atoms with Crippen LogP contribution in [0.4, 0.5) is 0 Å². The smallest absolute Gasteiger partial charge is 0.135 e. The maximum atomic E-state index is 6.49. The van der Waals surface area contributed by atoms with Crippen molar-refractivity contribution in [3.05, 3.63) is 158 Å². The van der Waals surface area contributed by atoms with E-state index in [9.17, 15) is 0 Å². The lowest BCUT2D eigenvalue weighted by atomic mass is 9.88. The van der Waals surface area contributed by atoms with Crippen molar-refractivity contribution in [3.8, 4) is 56.0 Å². The van der Waals surface area contributed by atoms with Crippen LogP contribution in [0.3, 0.4) is 0 Å². The average molecular weight is 571 g/mol. The zero-order chi connectivity index (χ0) is 29.5. The van der Waals surface area contributed by atoms with E-state index in [0.29, 0.717) is 0 Å². The maximum Gasteiger partial charge on any atom is 0.135 e. The highest BCUT2D eigenvalue weighted by atomic mass is 16.5. The van der Waals surface area contributed by atoms with Crippen LogP contribution in [0.2, 0.25) is 0 Å². The molecule has 0 radical (unpaired) electrons. The van der Waals surface area contributed by atoms with Gasteiger partial charge < -0.3 is 4.74 Å². The summed E-state index contributed by atoms with van der Waals surface area (Å²) in [6.07, 6.45) is 0. The van der Waals surface area contributed by atoms with Gasteiger partial charge in [0.1, 0.15) is 11.5 Å². The summed E-state index contributed by atoms with van der Waals surface area (Å²) >= 11 is 0. The predicted molar refractivity (Wildman–Crippen MR) is 189 cm³/mol. The van der Waals surface area contributed by atoms with Crippen LogP contribution in [-0.2, 0) is 0 Å². The molecule has 0 aliphatic carbocycles. The molecule has 1 heteroatoms. The van der Waals surface area contributed by atoms with Crippen LogP contribution in [0.15, 0.2) is 158 Å². The number of hydrogen-bond acceptors (Lipinski definition) is 1. The van der Waals surface area contributed by atoms with Crippen molar-refractivity contribution in [2.24, 2.45) is 0 Å². The SMILES string of the molecule is c1ccc(-c2ccc3c(c2)-c2cccc4c(-c5ccc(-c6cc7ccc8cccc9ccc(c6)c7c89)cc5)ccc(c24)O3)cc1. The number of hydrogen-bond donors (Lipinski definition) is 0. The fraction of sp³-hybridized carbons (Fsp3) is 0. The van der Waals surface area contributed by atoms with E-state index in [1.807, 2.05) is 0 Å². The topological polar surface area (TPSA) is 9.23 Å². The van der Waals surface area contributed by atoms with Gasteiger partial charge in [0.05, 0.1) is 0 Å². The summed E-state index contributed by atoms with van der Waals surface area (Å²) in [5, 5.41) is 10.3. The molecule has 1 aliphatic rings. The Kier molecular flexibility index (Phi) is 5.06. The first-order valence-corrected chi connectivity index (χ1v) is 15.5. The van der Waals surface area contributed by atoms with E-state index in [1.54, 1.807) is 0 Å². The summed E-state index contributed by atoms with van der Waals surface area (Å²) in [4.78, 5) is 0. The highest BCUT2D eigenvalue weighted by Gasteiger charge is 2.22. The Balaban J connectivity index is 1.07. The first-order chi connectivity index (χ1) is 22.3. The Hall–Kier alpha value is -5.92. The molecule has 10 rings (SSSR count). The minimum Gasteiger partial charge on any atom is -0.456 e. The van der Waals surface area contributed by atoms with E-state index in [2.05, 4.69) is 158 Å². The molecule has 0 amide bonds. The molecule has 1 nitrogen and oxygen atoms in total. The zero-order valence-corrected chi connectivity index (χ0v) is 24.4. The fourth-order valence-corrected chi connectivity index (χ4v) is 7.46. The van der Waals surface area contributed by atoms with Gasteiger partial charge in [0.15, 0.2) is 0 Å². The molecule has 0 unspecified atom stereocenters. The molecule has 0 saturated heterocycles. The summed E-state index contributed by atoms with van der Waals surface area (Å²) < 4.78 is 6.49. The summed E-state index contributed by atoms with van der Waals surface area (Å²) in [5.41, 5.74) is 9.62. The third-order valence-corrected chi connectivity index (χ3v) is 9.59. The first-order valence-electron chi connectivity index (χ1n) is 15.5. The highest BCUT2D eigenvalue weighted by Crippen LogP contribution is 2.49. The Morgan fingerprint density at radius 3 is 1.69 bits per heavy atom. The van der Waals surface area contributed by atoms with Crippen LogP contribution in [0, 0.1) is 0 Å². The van der Waals surface area contributed by atoms with E-state index in [1.165, 1.54) is 82.0 Å². The summed E-state index contributed by atoms with van der Waals surface area (Å²) in [6.45, 7) is 0. The lowest BCUT2D eigenvalue weighted by Gasteiger charge is -2.23. The van der Waals surface area contributed by atoms with Crippen LogP contribution in [0.25, 0.3) is 87.6 Å². The van der Waals surface area contributed by atoms with E-state index < -0.39 is 0 Å². The van der Waals surface area contributed by atoms with Gasteiger partial charge in [-0.2, -0.15) is 0 Å². The van der Waals surface area contributed by atoms with Crippen molar-refractivity contribution in [1.29, 1.82) is 0 Å². The Morgan fingerprint density at radius 1 is 0.289 bits per heavy atom. The van der Waals surface area contributed by atoms with E-state index >= 15 is 0 Å². The van der Waals surface area contributed by atoms with Crippen molar-refractivity contribution in [1.82, 2.24) is 0 Å². The van der Waals surface area contributed by atoms with Crippen LogP contribution in [0.5, 0.6) is 11.5 Å². The maximum absolute atomic E-state index is 6.49. The summed E-state index contributed by atoms with van der Waals surface area (Å²) in [5.74, 6) is 1.81. The monoisotopic (exact) mass is 570 g/mol. The highest BCUT2D eigenvalue weighted by molar-refractivity contribution is 6.23. The lowest BCUT2D eigenvalue weighted by molar-refractivity contribution is 0.487. The molecule has 0 saturated carbocycles. The molecule has 0 spiro atoms. The molecule has 208 valence electrons. The largest absolute Gasteiger partial charge is 0.456 e. The number of rotatable bonds is 3. The lowest BCUT2D eigenvalue weighted by Crippen LogP contribution is -1.98. The van der Waals surface area contributed by atoms with E-state index in [4.69, 9.17) is 4.74 Å². The Morgan fingerprint density at radius 2 is 0.911 bits per heavy atom. The van der Waals surface area contributed by atoms with Crippen molar-refractivity contribution in [3.63, 3.8) is 0 Å². The molecule has 1 heterocycles. The normalized spacial score (nSPS) is 12.2. The van der Waals surface area contributed by atoms with Gasteiger partial charge in [0.2, 0.25) is 0 Å². The molecule has 0 bridgehead atoms. The van der Waals surface area contributed by atoms with Crippen LogP contribution < -0.4 is 4.74 Å². The van der Waals surface area contributed by atoms with E-state index in [-0.39, 0.29) is 0 Å². The van der Waals surface area contributed by atoms with Gasteiger partial charge in [-0.15, -0.1) is 0 Å². The second-order valence-corrected chi connectivity index (χ2v) is 12.1. The zero-order valence-electron chi connectivity index (χ0n) is 24.4. The van der Waals surface area contributed by atoms with Gasteiger partial charge in [0.25, 0.3) is 0 Å². The third-order valence-electron chi connectivity index (χ3n) is 9.59. The molecular weight excluding hydrogens is 544 g/mol. The summed E-state index contributed by atoms with van der Waals surface area (Å²) in [6, 6.07) is 57.3. The van der Waals surface area contributed by atoms with Gasteiger partial charge in [-0.1, -0.05) is 127 Å². The number of fused-ring (bicyclic) bond motifs is 2. The molecule has 0 aromatic heterocycles. The average Bonchev–Trinajstić information content (AvgIpc) is 3.11. The molecule has 45 heavy (non-hydrogen) atoms. The number of ether oxygens (including phenoxy) is 1. The number of benzene rings is 9. The molecule has 9 aromatic rings. The first kappa shape index (κ1) is 24.5. The molecule has 0 N–H and O–H groups in total. The molecule has 0 fully saturated rings. The predicted octanol–water partition coefficient (Wildman–Crippen LogP) is 12.5. The third kappa shape index (κ3) is 3.68. The van der Waals surface area contributed by atoms with Gasteiger partial charge in [-0.25, -0.2) is 0 Å². The quantitative estimate of drug-likeness (QED) is 0.192. The minimum absolute atomic E-state index is 0.903. The van der Waals surface area contributed by atoms with Crippen molar-refractivity contribution >= 4 is 43.1 Å². The van der Waals surface area contributed by atoms with Crippen molar-refractivity contribution in [2.45, 2.75) is 0 Å². The molecule has 9 aromatic carbocycles. The second kappa shape index (κ2) is 9.29.